The number of hydrogen-bond acceptors (Lipinski definition) is 3. The Labute approximate surface area is 143 Å². The SMILES string of the molecule is CCC1Oc2ccc(C(C)N)cc2N(CCc2ccccc2)C1=O. The van der Waals surface area contributed by atoms with Crippen LogP contribution in [0.5, 0.6) is 5.75 Å². The van der Waals surface area contributed by atoms with Crippen LogP contribution >= 0.6 is 0 Å². The number of fused-ring (bicyclic) bond motifs is 1. The minimum absolute atomic E-state index is 0.0303. The van der Waals surface area contributed by atoms with Gasteiger partial charge < -0.3 is 15.4 Å². The summed E-state index contributed by atoms with van der Waals surface area (Å²) in [5.74, 6) is 0.793. The number of nitrogens with zero attached hydrogens (tertiary/aromatic N) is 1. The monoisotopic (exact) mass is 324 g/mol. The fourth-order valence-corrected chi connectivity index (χ4v) is 3.00. The first-order valence-electron chi connectivity index (χ1n) is 8.51. The molecule has 1 heterocycles. The van der Waals surface area contributed by atoms with Gasteiger partial charge in [0.25, 0.3) is 5.91 Å². The summed E-state index contributed by atoms with van der Waals surface area (Å²) < 4.78 is 5.88. The number of nitrogens with two attached hydrogens (primary N) is 1. The molecule has 2 unspecified atom stereocenters. The van der Waals surface area contributed by atoms with Crippen LogP contribution in [0.4, 0.5) is 5.69 Å². The molecule has 0 saturated carbocycles. The molecule has 4 nitrogen and oxygen atoms in total. The lowest BCUT2D eigenvalue weighted by Crippen LogP contribution is -2.46. The van der Waals surface area contributed by atoms with Gasteiger partial charge in [0.15, 0.2) is 6.10 Å². The predicted molar refractivity (Wildman–Crippen MR) is 96.3 cm³/mol. The zero-order valence-electron chi connectivity index (χ0n) is 14.2. The van der Waals surface area contributed by atoms with Crippen molar-refractivity contribution in [3.05, 3.63) is 59.7 Å². The minimum atomic E-state index is -0.408. The van der Waals surface area contributed by atoms with Crippen molar-refractivity contribution < 1.29 is 9.53 Å². The van der Waals surface area contributed by atoms with Gasteiger partial charge in [-0.3, -0.25) is 4.79 Å². The van der Waals surface area contributed by atoms with Crippen molar-refractivity contribution in [1.29, 1.82) is 0 Å². The number of carbonyl (C=O) groups is 1. The summed E-state index contributed by atoms with van der Waals surface area (Å²) in [6, 6.07) is 16.0. The molecule has 0 aliphatic carbocycles. The summed E-state index contributed by atoms with van der Waals surface area (Å²) in [6.45, 7) is 4.55. The van der Waals surface area contributed by atoms with Gasteiger partial charge in [0.05, 0.1) is 5.69 Å². The van der Waals surface area contributed by atoms with Gasteiger partial charge in [-0.15, -0.1) is 0 Å². The van der Waals surface area contributed by atoms with Crippen molar-refractivity contribution in [2.24, 2.45) is 5.73 Å². The third kappa shape index (κ3) is 3.29. The topological polar surface area (TPSA) is 55.6 Å². The highest BCUT2D eigenvalue weighted by atomic mass is 16.5. The maximum Gasteiger partial charge on any atom is 0.268 e. The third-order valence-corrected chi connectivity index (χ3v) is 4.45. The van der Waals surface area contributed by atoms with E-state index >= 15 is 0 Å². The summed E-state index contributed by atoms with van der Waals surface area (Å²) in [6.07, 6.45) is 1.06. The van der Waals surface area contributed by atoms with Crippen LogP contribution in [0.1, 0.15) is 37.4 Å². The average Bonchev–Trinajstić information content (AvgIpc) is 2.60. The molecule has 0 aromatic heterocycles. The van der Waals surface area contributed by atoms with Gasteiger partial charge in [0.1, 0.15) is 5.75 Å². The van der Waals surface area contributed by atoms with Gasteiger partial charge in [0.2, 0.25) is 0 Å². The number of benzene rings is 2. The Bertz CT molecular complexity index is 713. The van der Waals surface area contributed by atoms with Crippen LogP contribution in [0, 0.1) is 0 Å². The van der Waals surface area contributed by atoms with E-state index < -0.39 is 6.10 Å². The van der Waals surface area contributed by atoms with Crippen molar-refractivity contribution >= 4 is 11.6 Å². The molecule has 1 aliphatic heterocycles. The Hall–Kier alpha value is -2.33. The number of ether oxygens (including phenoxy) is 1. The number of carbonyl (C=O) groups excluding carboxylic acids is 1. The van der Waals surface area contributed by atoms with Crippen molar-refractivity contribution in [2.45, 2.75) is 38.8 Å². The molecular weight excluding hydrogens is 300 g/mol. The molecule has 2 atom stereocenters. The quantitative estimate of drug-likeness (QED) is 0.916. The second-order valence-electron chi connectivity index (χ2n) is 6.26. The molecule has 0 fully saturated rings. The van der Waals surface area contributed by atoms with E-state index in [2.05, 4.69) is 12.1 Å². The van der Waals surface area contributed by atoms with Crippen LogP contribution in [-0.4, -0.2) is 18.6 Å². The van der Waals surface area contributed by atoms with Crippen LogP contribution in [0.2, 0.25) is 0 Å². The van der Waals surface area contributed by atoms with Crippen molar-refractivity contribution in [3.63, 3.8) is 0 Å². The maximum absolute atomic E-state index is 12.8. The number of hydrogen-bond donors (Lipinski definition) is 1. The van der Waals surface area contributed by atoms with Crippen molar-refractivity contribution in [3.8, 4) is 5.75 Å². The first-order valence-corrected chi connectivity index (χ1v) is 8.51. The molecule has 24 heavy (non-hydrogen) atoms. The van der Waals surface area contributed by atoms with Crippen LogP contribution in [0.3, 0.4) is 0 Å². The highest BCUT2D eigenvalue weighted by molar-refractivity contribution is 6.00. The smallest absolute Gasteiger partial charge is 0.268 e. The predicted octanol–water partition coefficient (Wildman–Crippen LogP) is 3.45. The highest BCUT2D eigenvalue weighted by Crippen LogP contribution is 2.36. The van der Waals surface area contributed by atoms with Crippen molar-refractivity contribution in [2.75, 3.05) is 11.4 Å². The van der Waals surface area contributed by atoms with Gasteiger partial charge in [0, 0.05) is 12.6 Å². The molecule has 1 amide bonds. The minimum Gasteiger partial charge on any atom is -0.478 e. The Morgan fingerprint density at radius 1 is 1.21 bits per heavy atom. The van der Waals surface area contributed by atoms with E-state index in [0.29, 0.717) is 13.0 Å². The maximum atomic E-state index is 12.8. The molecule has 0 spiro atoms. The average molecular weight is 324 g/mol. The molecule has 3 rings (SSSR count). The normalized spacial score (nSPS) is 18.0. The lowest BCUT2D eigenvalue weighted by Gasteiger charge is -2.34. The fourth-order valence-electron chi connectivity index (χ4n) is 3.00. The molecular formula is C20H24N2O2. The van der Waals surface area contributed by atoms with Crippen LogP contribution in [0.15, 0.2) is 48.5 Å². The number of anilines is 1. The van der Waals surface area contributed by atoms with Crippen LogP contribution in [0.25, 0.3) is 0 Å². The molecule has 0 radical (unpaired) electrons. The van der Waals surface area contributed by atoms with E-state index in [1.807, 2.05) is 55.1 Å². The summed E-state index contributed by atoms with van der Waals surface area (Å²) in [5, 5.41) is 0. The van der Waals surface area contributed by atoms with E-state index in [4.69, 9.17) is 10.5 Å². The fraction of sp³-hybridized carbons (Fsp3) is 0.350. The zero-order chi connectivity index (χ0) is 17.1. The standard InChI is InChI=1S/C20H24N2O2/c1-3-18-20(23)22(12-11-15-7-5-4-6-8-15)17-13-16(14(2)21)9-10-19(17)24-18/h4-10,13-14,18H,3,11-12,21H2,1-2H3. The van der Waals surface area contributed by atoms with Crippen molar-refractivity contribution in [1.82, 2.24) is 0 Å². The van der Waals surface area contributed by atoms with Gasteiger partial charge in [-0.1, -0.05) is 43.3 Å². The number of rotatable bonds is 5. The van der Waals surface area contributed by atoms with Crippen LogP contribution in [-0.2, 0) is 11.2 Å². The molecule has 2 aromatic carbocycles. The molecule has 1 aliphatic rings. The summed E-state index contributed by atoms with van der Waals surface area (Å²) in [7, 11) is 0. The second-order valence-corrected chi connectivity index (χ2v) is 6.26. The summed E-state index contributed by atoms with van der Waals surface area (Å²) >= 11 is 0. The number of amides is 1. The zero-order valence-corrected chi connectivity index (χ0v) is 14.2. The molecule has 2 aromatic rings. The molecule has 126 valence electrons. The van der Waals surface area contributed by atoms with E-state index in [-0.39, 0.29) is 11.9 Å². The van der Waals surface area contributed by atoms with Gasteiger partial charge >= 0.3 is 0 Å². The summed E-state index contributed by atoms with van der Waals surface area (Å²) in [4.78, 5) is 14.6. The van der Waals surface area contributed by atoms with E-state index in [1.54, 1.807) is 0 Å². The Morgan fingerprint density at radius 3 is 2.62 bits per heavy atom. The van der Waals surface area contributed by atoms with Gasteiger partial charge in [-0.2, -0.15) is 0 Å². The first kappa shape index (κ1) is 16.5. The molecule has 0 bridgehead atoms. The Morgan fingerprint density at radius 2 is 1.96 bits per heavy atom. The van der Waals surface area contributed by atoms with Gasteiger partial charge in [-0.25, -0.2) is 0 Å². The Balaban J connectivity index is 1.90. The second kappa shape index (κ2) is 7.05. The Kier molecular flexibility index (Phi) is 4.86. The summed E-state index contributed by atoms with van der Waals surface area (Å²) in [5.41, 5.74) is 9.05. The molecule has 2 N–H and O–H groups in total. The van der Waals surface area contributed by atoms with E-state index in [9.17, 15) is 4.79 Å². The van der Waals surface area contributed by atoms with Crippen LogP contribution < -0.4 is 15.4 Å². The van der Waals surface area contributed by atoms with Gasteiger partial charge in [-0.05, 0) is 43.0 Å². The lowest BCUT2D eigenvalue weighted by molar-refractivity contribution is -0.126. The third-order valence-electron chi connectivity index (χ3n) is 4.45. The van der Waals surface area contributed by atoms with E-state index in [1.165, 1.54) is 5.56 Å². The molecule has 0 saturated heterocycles. The largest absolute Gasteiger partial charge is 0.478 e. The molecule has 4 heteroatoms. The first-order chi connectivity index (χ1) is 11.6. The van der Waals surface area contributed by atoms with E-state index in [0.717, 1.165) is 23.4 Å². The lowest BCUT2D eigenvalue weighted by atomic mass is 10.0. The highest BCUT2D eigenvalue weighted by Gasteiger charge is 2.33.